The highest BCUT2D eigenvalue weighted by atomic mass is 35.5. The lowest BCUT2D eigenvalue weighted by molar-refractivity contribution is -0.144. The van der Waals surface area contributed by atoms with Gasteiger partial charge < -0.3 is 31.3 Å². The molecule has 0 radical (unpaired) electrons. The van der Waals surface area contributed by atoms with Crippen LogP contribution in [-0.2, 0) is 20.9 Å². The van der Waals surface area contributed by atoms with Gasteiger partial charge in [0.1, 0.15) is 17.9 Å². The Hall–Kier alpha value is -4.06. The molecule has 5 rings (SSSR count). The zero-order valence-corrected chi connectivity index (χ0v) is 32.1. The van der Waals surface area contributed by atoms with Crippen molar-refractivity contribution in [2.24, 2.45) is 11.1 Å². The summed E-state index contributed by atoms with van der Waals surface area (Å²) < 4.78 is 0. The van der Waals surface area contributed by atoms with Crippen molar-refractivity contribution >= 4 is 47.3 Å². The number of thiazole rings is 1. The molecule has 280 valence electrons. The summed E-state index contributed by atoms with van der Waals surface area (Å²) in [6, 6.07) is 10.2. The molecule has 4 heterocycles. The second kappa shape index (κ2) is 18.6. The third-order valence-corrected chi connectivity index (χ3v) is 10.3. The SMILES string of the molecule is Cc1ncsc1-c1ccc(CNC(=O)[C@@H]2C[C@@H](O)CN2C(=O)C(NC(=O)CCCN2CCN(c3ccc(C#CCN)cn3)CC2)C(C)(C)C)cc1.Cl. The first-order chi connectivity index (χ1) is 24.4. The molecule has 3 amide bonds. The number of hydrogen-bond donors (Lipinski definition) is 4. The van der Waals surface area contributed by atoms with E-state index in [4.69, 9.17) is 5.73 Å². The van der Waals surface area contributed by atoms with Gasteiger partial charge in [-0.05, 0) is 48.6 Å². The van der Waals surface area contributed by atoms with Gasteiger partial charge in [-0.3, -0.25) is 19.3 Å². The van der Waals surface area contributed by atoms with Gasteiger partial charge in [-0.15, -0.1) is 23.7 Å². The Kier molecular flexibility index (Phi) is 14.6. The molecule has 3 atom stereocenters. The van der Waals surface area contributed by atoms with E-state index in [1.807, 2.05) is 69.6 Å². The fourth-order valence-electron chi connectivity index (χ4n) is 6.48. The number of aliphatic hydroxyl groups is 1. The van der Waals surface area contributed by atoms with Crippen molar-refractivity contribution in [2.45, 2.75) is 71.7 Å². The Bertz CT molecular complexity index is 1710. The predicted octanol–water partition coefficient (Wildman–Crippen LogP) is 2.96. The van der Waals surface area contributed by atoms with E-state index in [0.29, 0.717) is 19.5 Å². The predicted molar refractivity (Wildman–Crippen MR) is 207 cm³/mol. The number of halogens is 1. The van der Waals surface area contributed by atoms with Gasteiger partial charge in [0.05, 0.1) is 28.7 Å². The number of benzene rings is 1. The zero-order chi connectivity index (χ0) is 36.5. The van der Waals surface area contributed by atoms with Crippen molar-refractivity contribution in [1.82, 2.24) is 30.4 Å². The van der Waals surface area contributed by atoms with E-state index in [0.717, 1.165) is 65.8 Å². The van der Waals surface area contributed by atoms with Crippen LogP contribution in [0.4, 0.5) is 5.82 Å². The molecule has 0 bridgehead atoms. The molecule has 3 aromatic rings. The van der Waals surface area contributed by atoms with Gasteiger partial charge in [-0.25, -0.2) is 9.97 Å². The minimum atomic E-state index is -0.850. The number of aliphatic hydroxyl groups excluding tert-OH is 1. The van der Waals surface area contributed by atoms with Crippen molar-refractivity contribution in [3.63, 3.8) is 0 Å². The molecular formula is C38H51ClN8O4S. The first-order valence-electron chi connectivity index (χ1n) is 17.6. The summed E-state index contributed by atoms with van der Waals surface area (Å²) >= 11 is 1.59. The molecule has 14 heteroatoms. The number of nitrogens with two attached hydrogens (primary N) is 1. The molecule has 0 aliphatic carbocycles. The number of anilines is 1. The van der Waals surface area contributed by atoms with E-state index in [9.17, 15) is 19.5 Å². The average Bonchev–Trinajstić information content (AvgIpc) is 3.73. The number of β-amino-alcohol motifs (C(OH)–C–C–N with tert-alkyl or cyclic N) is 1. The summed E-state index contributed by atoms with van der Waals surface area (Å²) in [7, 11) is 0. The fourth-order valence-corrected chi connectivity index (χ4v) is 7.29. The quantitative estimate of drug-likeness (QED) is 0.217. The Balaban J connectivity index is 0.00000605. The van der Waals surface area contributed by atoms with Gasteiger partial charge >= 0.3 is 0 Å². The summed E-state index contributed by atoms with van der Waals surface area (Å²) in [5.41, 5.74) is 10.5. The molecule has 1 aromatic carbocycles. The van der Waals surface area contributed by atoms with Crippen molar-refractivity contribution in [1.29, 1.82) is 0 Å². The minimum Gasteiger partial charge on any atom is -0.391 e. The summed E-state index contributed by atoms with van der Waals surface area (Å²) in [6.07, 6.45) is 2.02. The monoisotopic (exact) mass is 750 g/mol. The van der Waals surface area contributed by atoms with E-state index in [1.165, 1.54) is 4.90 Å². The lowest BCUT2D eigenvalue weighted by Gasteiger charge is -2.36. The van der Waals surface area contributed by atoms with Gasteiger partial charge in [0.15, 0.2) is 0 Å². The van der Waals surface area contributed by atoms with Crippen LogP contribution in [0.3, 0.4) is 0 Å². The van der Waals surface area contributed by atoms with Gasteiger partial charge in [0.2, 0.25) is 17.7 Å². The molecule has 2 fully saturated rings. The molecule has 52 heavy (non-hydrogen) atoms. The number of amides is 3. The van der Waals surface area contributed by atoms with Crippen molar-refractivity contribution in [3.8, 4) is 22.3 Å². The number of rotatable bonds is 11. The lowest BCUT2D eigenvalue weighted by Crippen LogP contribution is -2.57. The standard InChI is InChI=1S/C38H50N8O4S.ClH/c1-26-34(51-25-42-26)29-12-9-28(10-13-29)23-41-36(49)31-21-30(47)24-46(31)37(50)35(38(2,3)4)43-33(48)8-6-16-44-17-19-45(20-18-44)32-14-11-27(22-40-32)7-5-15-39;/h9-14,22,25,30-31,35,47H,6,8,15-21,23-24,39H2,1-4H3,(H,41,49)(H,43,48);1H/t30-,31+,35?;/m1./s1. The van der Waals surface area contributed by atoms with Crippen LogP contribution < -0.4 is 21.3 Å². The number of aryl methyl sites for hydroxylation is 1. The Labute approximate surface area is 317 Å². The van der Waals surface area contributed by atoms with Gasteiger partial charge in [0.25, 0.3) is 0 Å². The minimum absolute atomic E-state index is 0. The maximum absolute atomic E-state index is 14.0. The van der Waals surface area contributed by atoms with E-state index in [2.05, 4.69) is 42.2 Å². The maximum atomic E-state index is 14.0. The first-order valence-corrected chi connectivity index (χ1v) is 18.5. The lowest BCUT2D eigenvalue weighted by atomic mass is 9.85. The number of carbonyl (C=O) groups is 3. The molecule has 12 nitrogen and oxygen atoms in total. The third kappa shape index (κ3) is 10.7. The van der Waals surface area contributed by atoms with E-state index < -0.39 is 23.6 Å². The van der Waals surface area contributed by atoms with Crippen LogP contribution >= 0.6 is 23.7 Å². The summed E-state index contributed by atoms with van der Waals surface area (Å²) in [4.78, 5) is 56.5. The van der Waals surface area contributed by atoms with Crippen molar-refractivity contribution < 1.29 is 19.5 Å². The maximum Gasteiger partial charge on any atom is 0.246 e. The second-order valence-corrected chi connectivity index (χ2v) is 15.1. The Morgan fingerprint density at radius 2 is 1.81 bits per heavy atom. The highest BCUT2D eigenvalue weighted by molar-refractivity contribution is 7.13. The van der Waals surface area contributed by atoms with Crippen LogP contribution in [0.2, 0.25) is 0 Å². The molecule has 2 aromatic heterocycles. The topological polar surface area (TPSA) is 157 Å². The molecule has 1 unspecified atom stereocenters. The molecule has 2 saturated heterocycles. The number of nitrogens with one attached hydrogen (secondary N) is 2. The van der Waals surface area contributed by atoms with E-state index in [-0.39, 0.29) is 49.5 Å². The summed E-state index contributed by atoms with van der Waals surface area (Å²) in [5.74, 6) is 5.86. The van der Waals surface area contributed by atoms with E-state index >= 15 is 0 Å². The first kappa shape index (κ1) is 40.7. The summed E-state index contributed by atoms with van der Waals surface area (Å²) in [6.45, 7) is 12.5. The van der Waals surface area contributed by atoms with Crippen LogP contribution in [0, 0.1) is 24.2 Å². The zero-order valence-electron chi connectivity index (χ0n) is 30.4. The molecule has 2 aliphatic heterocycles. The Morgan fingerprint density at radius 3 is 2.42 bits per heavy atom. The van der Waals surface area contributed by atoms with Crippen molar-refractivity contribution in [3.05, 3.63) is 64.9 Å². The number of pyridine rings is 1. The Morgan fingerprint density at radius 1 is 1.08 bits per heavy atom. The second-order valence-electron chi connectivity index (χ2n) is 14.3. The smallest absolute Gasteiger partial charge is 0.246 e. The number of nitrogens with zero attached hydrogens (tertiary/aromatic N) is 5. The average molecular weight is 751 g/mol. The molecule has 0 spiro atoms. The number of likely N-dealkylation sites (tertiary alicyclic amines) is 1. The number of piperazine rings is 1. The molecular weight excluding hydrogens is 700 g/mol. The van der Waals surface area contributed by atoms with Gasteiger partial charge in [-0.1, -0.05) is 56.9 Å². The van der Waals surface area contributed by atoms with Gasteiger partial charge in [-0.2, -0.15) is 0 Å². The van der Waals surface area contributed by atoms with Crippen LogP contribution in [0.1, 0.15) is 56.9 Å². The number of aromatic nitrogens is 2. The van der Waals surface area contributed by atoms with Gasteiger partial charge in [0, 0.05) is 63.9 Å². The molecule has 0 saturated carbocycles. The van der Waals surface area contributed by atoms with Crippen molar-refractivity contribution in [2.75, 3.05) is 50.7 Å². The van der Waals surface area contributed by atoms with Crippen LogP contribution in [0.15, 0.2) is 48.1 Å². The third-order valence-electron chi connectivity index (χ3n) is 9.37. The number of hydrogen-bond acceptors (Lipinski definition) is 10. The number of carbonyl (C=O) groups excluding carboxylic acids is 3. The highest BCUT2D eigenvalue weighted by Gasteiger charge is 2.44. The van der Waals surface area contributed by atoms with Crippen LogP contribution in [0.25, 0.3) is 10.4 Å². The van der Waals surface area contributed by atoms with E-state index in [1.54, 1.807) is 17.5 Å². The van der Waals surface area contributed by atoms with Crippen LogP contribution in [-0.4, -0.2) is 107 Å². The molecule has 2 aliphatic rings. The highest BCUT2D eigenvalue weighted by Crippen LogP contribution is 2.28. The summed E-state index contributed by atoms with van der Waals surface area (Å²) in [5, 5.41) is 16.5. The fraction of sp³-hybridized carbons (Fsp3) is 0.500. The largest absolute Gasteiger partial charge is 0.391 e. The molecule has 5 N–H and O–H groups in total. The van der Waals surface area contributed by atoms with Crippen LogP contribution in [0.5, 0.6) is 0 Å². The normalized spacial score (nSPS) is 18.2.